The van der Waals surface area contributed by atoms with Crippen LogP contribution >= 0.6 is 12.4 Å². The van der Waals surface area contributed by atoms with Gasteiger partial charge < -0.3 is 20.1 Å². The molecule has 0 saturated carbocycles. The summed E-state index contributed by atoms with van der Waals surface area (Å²) in [5.74, 6) is 1.60. The van der Waals surface area contributed by atoms with Gasteiger partial charge in [0.05, 0.1) is 19.3 Å². The first kappa shape index (κ1) is 15.9. The van der Waals surface area contributed by atoms with Gasteiger partial charge in [-0.25, -0.2) is 0 Å². The summed E-state index contributed by atoms with van der Waals surface area (Å²) in [5, 5.41) is 6.17. The molecule has 1 atom stereocenters. The molecule has 0 aromatic heterocycles. The molecule has 2 N–H and O–H groups in total. The predicted molar refractivity (Wildman–Crippen MR) is 82.2 cm³/mol. The molecule has 5 nitrogen and oxygen atoms in total. The predicted octanol–water partition coefficient (Wildman–Crippen LogP) is 1.64. The van der Waals surface area contributed by atoms with Gasteiger partial charge in [0.25, 0.3) is 0 Å². The highest BCUT2D eigenvalue weighted by molar-refractivity contribution is 5.85. The van der Waals surface area contributed by atoms with E-state index < -0.39 is 0 Å². The maximum atomic E-state index is 12.0. The van der Waals surface area contributed by atoms with Gasteiger partial charge in [0.15, 0.2) is 11.5 Å². The monoisotopic (exact) mass is 312 g/mol. The fourth-order valence-electron chi connectivity index (χ4n) is 2.61. The maximum absolute atomic E-state index is 12.0. The highest BCUT2D eigenvalue weighted by Gasteiger charge is 2.22. The average molecular weight is 313 g/mol. The van der Waals surface area contributed by atoms with Crippen molar-refractivity contribution in [3.8, 4) is 11.5 Å². The lowest BCUT2D eigenvalue weighted by atomic mass is 10.1. The van der Waals surface area contributed by atoms with Crippen LogP contribution in [0.1, 0.15) is 24.8 Å². The normalized spacial score (nSPS) is 20.3. The van der Waals surface area contributed by atoms with Crippen molar-refractivity contribution in [1.82, 2.24) is 10.6 Å². The lowest BCUT2D eigenvalue weighted by molar-refractivity contribution is -0.122. The van der Waals surface area contributed by atoms with Crippen LogP contribution in [-0.4, -0.2) is 31.7 Å². The van der Waals surface area contributed by atoms with Crippen LogP contribution in [0.3, 0.4) is 0 Å². The molecule has 2 aliphatic rings. The molecule has 1 fully saturated rings. The molecule has 21 heavy (non-hydrogen) atoms. The number of hydrogen-bond donors (Lipinski definition) is 2. The van der Waals surface area contributed by atoms with E-state index in [-0.39, 0.29) is 24.4 Å². The van der Waals surface area contributed by atoms with Crippen molar-refractivity contribution in [3.63, 3.8) is 0 Å². The van der Waals surface area contributed by atoms with Crippen LogP contribution in [0.5, 0.6) is 11.5 Å². The number of halogens is 1. The number of fused-ring (bicyclic) bond motifs is 1. The second kappa shape index (κ2) is 7.52. The number of carbonyl (C=O) groups is 1. The van der Waals surface area contributed by atoms with Gasteiger partial charge in [-0.1, -0.05) is 12.1 Å². The molecule has 0 spiro atoms. The number of para-hydroxylation sites is 1. The summed E-state index contributed by atoms with van der Waals surface area (Å²) < 4.78 is 11.4. The Balaban J connectivity index is 0.00000161. The van der Waals surface area contributed by atoms with Crippen molar-refractivity contribution in [2.24, 2.45) is 0 Å². The Labute approximate surface area is 130 Å². The van der Waals surface area contributed by atoms with Crippen molar-refractivity contribution in [1.29, 1.82) is 0 Å². The Kier molecular flexibility index (Phi) is 5.70. The largest absolute Gasteiger partial charge is 0.490 e. The van der Waals surface area contributed by atoms with E-state index in [0.29, 0.717) is 19.8 Å². The number of amides is 1. The Bertz CT molecular complexity index is 490. The van der Waals surface area contributed by atoms with E-state index in [4.69, 9.17) is 9.47 Å². The van der Waals surface area contributed by atoms with Gasteiger partial charge in [0.2, 0.25) is 5.91 Å². The number of nitrogens with one attached hydrogen (secondary N) is 2. The zero-order valence-electron chi connectivity index (χ0n) is 11.9. The third-order valence-electron chi connectivity index (χ3n) is 3.68. The molecular formula is C15H21ClN2O3. The fourth-order valence-corrected chi connectivity index (χ4v) is 2.61. The maximum Gasteiger partial charge on any atom is 0.237 e. The van der Waals surface area contributed by atoms with Crippen molar-refractivity contribution >= 4 is 18.3 Å². The topological polar surface area (TPSA) is 59.6 Å². The van der Waals surface area contributed by atoms with E-state index in [9.17, 15) is 4.79 Å². The Morgan fingerprint density at radius 3 is 2.95 bits per heavy atom. The molecule has 1 amide bonds. The SMILES string of the molecule is Cl.O=C(NCc1cccc2c1OCCCO2)C1CCCN1. The van der Waals surface area contributed by atoms with Crippen LogP contribution in [0.4, 0.5) is 0 Å². The second-order valence-corrected chi connectivity index (χ2v) is 5.16. The Morgan fingerprint density at radius 2 is 2.14 bits per heavy atom. The number of rotatable bonds is 3. The third kappa shape index (κ3) is 3.80. The summed E-state index contributed by atoms with van der Waals surface area (Å²) in [6, 6.07) is 5.76. The smallest absolute Gasteiger partial charge is 0.237 e. The van der Waals surface area contributed by atoms with E-state index in [0.717, 1.165) is 42.9 Å². The fraction of sp³-hybridized carbons (Fsp3) is 0.533. The van der Waals surface area contributed by atoms with Gasteiger partial charge in [-0.15, -0.1) is 12.4 Å². The van der Waals surface area contributed by atoms with E-state index in [1.54, 1.807) is 0 Å². The van der Waals surface area contributed by atoms with Gasteiger partial charge in [-0.05, 0) is 25.5 Å². The van der Waals surface area contributed by atoms with Crippen LogP contribution in [0.25, 0.3) is 0 Å². The minimum atomic E-state index is -0.0468. The van der Waals surface area contributed by atoms with Crippen molar-refractivity contribution in [3.05, 3.63) is 23.8 Å². The van der Waals surface area contributed by atoms with E-state index in [1.165, 1.54) is 0 Å². The first-order valence-electron chi connectivity index (χ1n) is 7.23. The number of benzene rings is 1. The lowest BCUT2D eigenvalue weighted by Crippen LogP contribution is -2.40. The number of hydrogen-bond acceptors (Lipinski definition) is 4. The Morgan fingerprint density at radius 1 is 1.29 bits per heavy atom. The summed E-state index contributed by atoms with van der Waals surface area (Å²) in [5.41, 5.74) is 0.968. The summed E-state index contributed by atoms with van der Waals surface area (Å²) >= 11 is 0. The van der Waals surface area contributed by atoms with E-state index >= 15 is 0 Å². The molecule has 0 radical (unpaired) electrons. The zero-order valence-corrected chi connectivity index (χ0v) is 12.7. The zero-order chi connectivity index (χ0) is 13.8. The van der Waals surface area contributed by atoms with Crippen LogP contribution in [0.15, 0.2) is 18.2 Å². The standard InChI is InChI=1S/C15H20N2O3.ClH/c18-15(12-5-2-7-16-12)17-10-11-4-1-6-13-14(11)20-9-3-8-19-13;/h1,4,6,12,16H,2-3,5,7-10H2,(H,17,18);1H. The average Bonchev–Trinajstić information content (AvgIpc) is 2.90. The molecule has 116 valence electrons. The first-order valence-corrected chi connectivity index (χ1v) is 7.23. The second-order valence-electron chi connectivity index (χ2n) is 5.16. The molecule has 0 aliphatic carbocycles. The molecule has 6 heteroatoms. The van der Waals surface area contributed by atoms with Crippen molar-refractivity contribution < 1.29 is 14.3 Å². The van der Waals surface area contributed by atoms with Gasteiger partial charge in [0.1, 0.15) is 0 Å². The molecule has 1 aromatic rings. The summed E-state index contributed by atoms with van der Waals surface area (Å²) in [4.78, 5) is 12.0. The van der Waals surface area contributed by atoms with E-state index in [1.807, 2.05) is 18.2 Å². The van der Waals surface area contributed by atoms with Crippen molar-refractivity contribution in [2.45, 2.75) is 31.8 Å². The van der Waals surface area contributed by atoms with Crippen LogP contribution in [-0.2, 0) is 11.3 Å². The summed E-state index contributed by atoms with van der Waals surface area (Å²) in [7, 11) is 0. The number of ether oxygens (including phenoxy) is 2. The minimum absolute atomic E-state index is 0. The van der Waals surface area contributed by atoms with Gasteiger partial charge in [0, 0.05) is 18.5 Å². The highest BCUT2D eigenvalue weighted by atomic mass is 35.5. The van der Waals surface area contributed by atoms with Gasteiger partial charge in [-0.3, -0.25) is 4.79 Å². The Hall–Kier alpha value is -1.46. The van der Waals surface area contributed by atoms with Crippen LogP contribution in [0, 0.1) is 0 Å². The van der Waals surface area contributed by atoms with Crippen molar-refractivity contribution in [2.75, 3.05) is 19.8 Å². The lowest BCUT2D eigenvalue weighted by Gasteiger charge is -2.15. The highest BCUT2D eigenvalue weighted by Crippen LogP contribution is 2.33. The summed E-state index contributed by atoms with van der Waals surface area (Å²) in [6.07, 6.45) is 2.86. The molecule has 1 aromatic carbocycles. The molecular weight excluding hydrogens is 292 g/mol. The molecule has 1 unspecified atom stereocenters. The third-order valence-corrected chi connectivity index (χ3v) is 3.68. The molecule has 1 saturated heterocycles. The van der Waals surface area contributed by atoms with Crippen LogP contribution < -0.4 is 20.1 Å². The quantitative estimate of drug-likeness (QED) is 0.891. The minimum Gasteiger partial charge on any atom is -0.490 e. The molecule has 2 heterocycles. The first-order chi connectivity index (χ1) is 9.84. The molecule has 2 aliphatic heterocycles. The van der Waals surface area contributed by atoms with Crippen LogP contribution in [0.2, 0.25) is 0 Å². The molecule has 0 bridgehead atoms. The van der Waals surface area contributed by atoms with Gasteiger partial charge in [-0.2, -0.15) is 0 Å². The summed E-state index contributed by atoms with van der Waals surface area (Å²) in [6.45, 7) is 2.73. The van der Waals surface area contributed by atoms with Gasteiger partial charge >= 0.3 is 0 Å². The van der Waals surface area contributed by atoms with E-state index in [2.05, 4.69) is 10.6 Å². The molecule has 3 rings (SSSR count). The number of carbonyl (C=O) groups excluding carboxylic acids is 1.